The van der Waals surface area contributed by atoms with E-state index in [1.54, 1.807) is 9.58 Å². The maximum absolute atomic E-state index is 12.8. The molecule has 0 atom stereocenters. The Hall–Kier alpha value is -3.82. The van der Waals surface area contributed by atoms with Crippen molar-refractivity contribution in [3.05, 3.63) is 62.6 Å². The van der Waals surface area contributed by atoms with Crippen molar-refractivity contribution in [2.75, 3.05) is 29.0 Å². The molecule has 0 aliphatic carbocycles. The molecule has 10 heteroatoms. The molecule has 0 aliphatic rings. The highest BCUT2D eigenvalue weighted by Gasteiger charge is 2.20. The van der Waals surface area contributed by atoms with E-state index in [-0.39, 0.29) is 30.4 Å². The minimum Gasteiger partial charge on any atom is -0.383 e. The summed E-state index contributed by atoms with van der Waals surface area (Å²) in [5.74, 6) is -0.0770. The van der Waals surface area contributed by atoms with Gasteiger partial charge in [-0.3, -0.25) is 19.1 Å². The van der Waals surface area contributed by atoms with Crippen LogP contribution >= 0.6 is 0 Å². The fourth-order valence-corrected chi connectivity index (χ4v) is 3.93. The van der Waals surface area contributed by atoms with E-state index >= 15 is 0 Å². The van der Waals surface area contributed by atoms with E-state index in [1.165, 1.54) is 4.57 Å². The smallest absolute Gasteiger partial charge is 0.330 e. The van der Waals surface area contributed by atoms with E-state index in [2.05, 4.69) is 15.4 Å². The molecule has 0 radical (unpaired) electrons. The maximum Gasteiger partial charge on any atom is 0.330 e. The van der Waals surface area contributed by atoms with E-state index in [0.29, 0.717) is 24.5 Å². The summed E-state index contributed by atoms with van der Waals surface area (Å²) in [4.78, 5) is 41.6. The minimum atomic E-state index is -0.548. The third-order valence-electron chi connectivity index (χ3n) is 5.81. The summed E-state index contributed by atoms with van der Waals surface area (Å²) in [5, 5.41) is 7.51. The van der Waals surface area contributed by atoms with Gasteiger partial charge in [0.15, 0.2) is 0 Å². The number of amides is 1. The van der Waals surface area contributed by atoms with Crippen molar-refractivity contribution < 1.29 is 4.79 Å². The summed E-state index contributed by atoms with van der Waals surface area (Å²) >= 11 is 0. The van der Waals surface area contributed by atoms with E-state index in [1.807, 2.05) is 58.0 Å². The molecule has 1 aromatic carbocycles. The summed E-state index contributed by atoms with van der Waals surface area (Å²) in [6.45, 7) is 8.78. The summed E-state index contributed by atoms with van der Waals surface area (Å²) < 4.78 is 3.18. The SMILES string of the molecule is CCCCn1c(N)c(N(CC)CCC(=O)Nc2c(C)nn(-c3ccccc3)c2C)c(=O)[nH]c1=O. The van der Waals surface area contributed by atoms with Gasteiger partial charge in [0.25, 0.3) is 5.56 Å². The Morgan fingerprint density at radius 1 is 1.18 bits per heavy atom. The number of H-pyrrole nitrogens is 1. The Balaban J connectivity index is 1.76. The van der Waals surface area contributed by atoms with Gasteiger partial charge in [-0.15, -0.1) is 0 Å². The van der Waals surface area contributed by atoms with Gasteiger partial charge in [0.05, 0.1) is 22.8 Å². The van der Waals surface area contributed by atoms with Crippen LogP contribution in [0.2, 0.25) is 0 Å². The second-order valence-corrected chi connectivity index (χ2v) is 8.17. The van der Waals surface area contributed by atoms with Crippen molar-refractivity contribution in [3.8, 4) is 5.69 Å². The van der Waals surface area contributed by atoms with Gasteiger partial charge in [0.1, 0.15) is 11.5 Å². The lowest BCUT2D eigenvalue weighted by molar-refractivity contribution is -0.116. The Morgan fingerprint density at radius 3 is 2.53 bits per heavy atom. The van der Waals surface area contributed by atoms with Crippen LogP contribution in [0.1, 0.15) is 44.5 Å². The number of aromatic amines is 1. The number of nitrogens with one attached hydrogen (secondary N) is 2. The lowest BCUT2D eigenvalue weighted by atomic mass is 10.2. The highest BCUT2D eigenvalue weighted by atomic mass is 16.2. The van der Waals surface area contributed by atoms with Gasteiger partial charge < -0.3 is 16.0 Å². The largest absolute Gasteiger partial charge is 0.383 e. The molecule has 0 bridgehead atoms. The number of benzene rings is 1. The van der Waals surface area contributed by atoms with Crippen LogP contribution in [0.25, 0.3) is 5.69 Å². The fourth-order valence-electron chi connectivity index (χ4n) is 3.93. The van der Waals surface area contributed by atoms with Crippen LogP contribution in [0.15, 0.2) is 39.9 Å². The number of para-hydroxylation sites is 1. The molecule has 34 heavy (non-hydrogen) atoms. The maximum atomic E-state index is 12.8. The predicted molar refractivity (Wildman–Crippen MR) is 135 cm³/mol. The van der Waals surface area contributed by atoms with Crippen molar-refractivity contribution in [2.45, 2.75) is 53.5 Å². The fraction of sp³-hybridized carbons (Fsp3) is 0.417. The molecular formula is C24H33N7O3. The quantitative estimate of drug-likeness (QED) is 0.420. The second-order valence-electron chi connectivity index (χ2n) is 8.17. The number of carbonyl (C=O) groups excluding carboxylic acids is 1. The van der Waals surface area contributed by atoms with Gasteiger partial charge in [0.2, 0.25) is 5.91 Å². The van der Waals surface area contributed by atoms with E-state index in [0.717, 1.165) is 24.2 Å². The number of nitrogens with zero attached hydrogens (tertiary/aromatic N) is 4. The molecule has 1 amide bonds. The van der Waals surface area contributed by atoms with Crippen molar-refractivity contribution in [1.29, 1.82) is 0 Å². The third-order valence-corrected chi connectivity index (χ3v) is 5.81. The standard InChI is InChI=1S/C24H33N7O3/c1-5-7-14-30-22(25)21(23(33)27-24(30)34)29(6-2)15-13-19(32)26-20-16(3)28-31(17(20)4)18-11-9-8-10-12-18/h8-12H,5-7,13-15,25H2,1-4H3,(H,26,32)(H,27,33,34). The van der Waals surface area contributed by atoms with Crippen molar-refractivity contribution >= 4 is 23.1 Å². The van der Waals surface area contributed by atoms with Crippen molar-refractivity contribution in [2.24, 2.45) is 0 Å². The Labute approximate surface area is 198 Å². The van der Waals surface area contributed by atoms with Gasteiger partial charge in [-0.2, -0.15) is 5.10 Å². The van der Waals surface area contributed by atoms with Crippen LogP contribution in [0.3, 0.4) is 0 Å². The van der Waals surface area contributed by atoms with Crippen LogP contribution in [0, 0.1) is 13.8 Å². The molecule has 0 unspecified atom stereocenters. The zero-order valence-electron chi connectivity index (χ0n) is 20.2. The van der Waals surface area contributed by atoms with Gasteiger partial charge in [-0.05, 0) is 39.3 Å². The zero-order valence-corrected chi connectivity index (χ0v) is 20.2. The molecule has 3 aromatic rings. The van der Waals surface area contributed by atoms with E-state index in [9.17, 15) is 14.4 Å². The number of nitrogen functional groups attached to an aromatic ring is 1. The summed E-state index contributed by atoms with van der Waals surface area (Å²) in [6, 6.07) is 9.70. The number of aryl methyl sites for hydroxylation is 1. The molecule has 0 saturated heterocycles. The topological polar surface area (TPSA) is 131 Å². The summed E-state index contributed by atoms with van der Waals surface area (Å²) in [5.41, 5.74) is 8.49. The highest BCUT2D eigenvalue weighted by molar-refractivity contribution is 5.92. The van der Waals surface area contributed by atoms with Crippen molar-refractivity contribution in [1.82, 2.24) is 19.3 Å². The predicted octanol–water partition coefficient (Wildman–Crippen LogP) is 2.58. The second kappa shape index (κ2) is 10.9. The molecule has 2 aromatic heterocycles. The minimum absolute atomic E-state index is 0.125. The van der Waals surface area contributed by atoms with Gasteiger partial charge in [-0.1, -0.05) is 31.5 Å². The number of aromatic nitrogens is 4. The summed E-state index contributed by atoms with van der Waals surface area (Å²) in [6.07, 6.45) is 1.79. The third kappa shape index (κ3) is 5.22. The monoisotopic (exact) mass is 467 g/mol. The molecular weight excluding hydrogens is 434 g/mol. The summed E-state index contributed by atoms with van der Waals surface area (Å²) in [7, 11) is 0. The van der Waals surface area contributed by atoms with Gasteiger partial charge >= 0.3 is 5.69 Å². The number of anilines is 3. The van der Waals surface area contributed by atoms with Crippen LogP contribution in [0.4, 0.5) is 17.2 Å². The number of carbonyl (C=O) groups is 1. The molecule has 2 heterocycles. The molecule has 0 aliphatic heterocycles. The van der Waals surface area contributed by atoms with Crippen LogP contribution in [0.5, 0.6) is 0 Å². The zero-order chi connectivity index (χ0) is 24.8. The first-order chi connectivity index (χ1) is 16.3. The molecule has 3 rings (SSSR count). The van der Waals surface area contributed by atoms with Gasteiger partial charge in [-0.25, -0.2) is 9.48 Å². The van der Waals surface area contributed by atoms with Crippen LogP contribution in [-0.4, -0.2) is 38.3 Å². The van der Waals surface area contributed by atoms with Crippen LogP contribution < -0.4 is 27.2 Å². The molecule has 0 saturated carbocycles. The van der Waals surface area contributed by atoms with E-state index in [4.69, 9.17) is 5.73 Å². The first-order valence-corrected chi connectivity index (χ1v) is 11.6. The lowest BCUT2D eigenvalue weighted by Gasteiger charge is -2.24. The lowest BCUT2D eigenvalue weighted by Crippen LogP contribution is -2.39. The van der Waals surface area contributed by atoms with Crippen LogP contribution in [-0.2, 0) is 11.3 Å². The molecule has 4 N–H and O–H groups in total. The van der Waals surface area contributed by atoms with E-state index < -0.39 is 11.2 Å². The Kier molecular flexibility index (Phi) is 7.93. The van der Waals surface area contributed by atoms with Crippen molar-refractivity contribution in [3.63, 3.8) is 0 Å². The Morgan fingerprint density at radius 2 is 1.88 bits per heavy atom. The highest BCUT2D eigenvalue weighted by Crippen LogP contribution is 2.23. The molecule has 10 nitrogen and oxygen atoms in total. The number of hydrogen-bond acceptors (Lipinski definition) is 6. The first-order valence-electron chi connectivity index (χ1n) is 11.6. The molecule has 182 valence electrons. The average Bonchev–Trinajstić information content (AvgIpc) is 3.09. The number of hydrogen-bond donors (Lipinski definition) is 3. The Bertz CT molecular complexity index is 1260. The number of nitrogens with two attached hydrogens (primary N) is 1. The first kappa shape index (κ1) is 24.8. The van der Waals surface area contributed by atoms with Gasteiger partial charge in [0, 0.05) is 26.1 Å². The molecule has 0 spiro atoms. The number of unbranched alkanes of at least 4 members (excludes halogenated alkanes) is 1. The number of rotatable bonds is 10. The average molecular weight is 468 g/mol. The normalized spacial score (nSPS) is 10.9. The molecule has 0 fully saturated rings.